The Morgan fingerprint density at radius 1 is 1.10 bits per heavy atom. The molecule has 2 saturated carbocycles. The Hall–Kier alpha value is -2.44. The van der Waals surface area contributed by atoms with Gasteiger partial charge in [0.05, 0.1) is 0 Å². The van der Waals surface area contributed by atoms with E-state index in [1.165, 1.54) is 12.8 Å². The number of pyridine rings is 1. The summed E-state index contributed by atoms with van der Waals surface area (Å²) in [7, 11) is 0. The summed E-state index contributed by atoms with van der Waals surface area (Å²) in [5.74, 6) is 3.10. The summed E-state index contributed by atoms with van der Waals surface area (Å²) in [5, 5.41) is 0. The molecule has 0 N–H and O–H groups in total. The summed E-state index contributed by atoms with van der Waals surface area (Å²) in [5.41, 5.74) is -0.589. The lowest BCUT2D eigenvalue weighted by Crippen LogP contribution is -2.52. The summed E-state index contributed by atoms with van der Waals surface area (Å²) in [6, 6.07) is 5.95. The lowest BCUT2D eigenvalue weighted by atomic mass is 9.76. The lowest BCUT2D eigenvalue weighted by Gasteiger charge is -2.39. The molecule has 2 amide bonds. The van der Waals surface area contributed by atoms with Crippen LogP contribution in [0.25, 0.3) is 0 Å². The first kappa shape index (κ1) is 20.5. The van der Waals surface area contributed by atoms with Crippen molar-refractivity contribution >= 4 is 23.5 Å². The Kier molecular flexibility index (Phi) is 5.44. The van der Waals surface area contributed by atoms with Crippen LogP contribution >= 0.6 is 0 Å². The van der Waals surface area contributed by atoms with Gasteiger partial charge in [-0.25, -0.2) is 4.98 Å². The number of hydrogen-bond acceptors (Lipinski definition) is 5. The quantitative estimate of drug-likeness (QED) is 0.730. The number of anilines is 1. The van der Waals surface area contributed by atoms with E-state index in [9.17, 15) is 9.59 Å². The van der Waals surface area contributed by atoms with Crippen LogP contribution in [0, 0.1) is 11.8 Å². The Labute approximate surface area is 184 Å². The highest BCUT2D eigenvalue weighted by atomic mass is 16.2. The summed E-state index contributed by atoms with van der Waals surface area (Å²) in [6.45, 7) is 6.05. The molecular weight excluding hydrogens is 390 g/mol. The summed E-state index contributed by atoms with van der Waals surface area (Å²) >= 11 is 0. The van der Waals surface area contributed by atoms with Crippen LogP contribution in [0.2, 0.25) is 0 Å². The highest BCUT2D eigenvalue weighted by Gasteiger charge is 2.51. The van der Waals surface area contributed by atoms with Gasteiger partial charge in [-0.05, 0) is 56.6 Å². The number of amidine groups is 1. The van der Waals surface area contributed by atoms with Gasteiger partial charge in [-0.1, -0.05) is 13.0 Å². The summed E-state index contributed by atoms with van der Waals surface area (Å²) in [4.78, 5) is 42.0. The zero-order chi connectivity index (χ0) is 21.4. The zero-order valence-corrected chi connectivity index (χ0v) is 18.5. The van der Waals surface area contributed by atoms with Gasteiger partial charge in [0.2, 0.25) is 5.91 Å². The maximum absolute atomic E-state index is 13.3. The van der Waals surface area contributed by atoms with Gasteiger partial charge in [0.25, 0.3) is 5.91 Å². The number of rotatable bonds is 5. The van der Waals surface area contributed by atoms with E-state index in [-0.39, 0.29) is 17.7 Å². The van der Waals surface area contributed by atoms with Crippen molar-refractivity contribution < 1.29 is 9.59 Å². The van der Waals surface area contributed by atoms with Crippen LogP contribution in [0.4, 0.5) is 5.82 Å². The molecule has 0 atom stereocenters. The highest BCUT2D eigenvalue weighted by Crippen LogP contribution is 2.42. The molecule has 7 heteroatoms. The molecule has 1 saturated heterocycles. The van der Waals surface area contributed by atoms with Gasteiger partial charge in [0.15, 0.2) is 0 Å². The second kappa shape index (κ2) is 8.24. The standard InChI is InChI=1S/C24H33N5O2/c1-2-20-26-24(23(31)29(20)17-18-6-7-18)10-8-19(9-11-24)22(30)28-15-13-27(14-16-28)21-5-3-4-12-25-21/h3-5,12,18-19H,2,6-11,13-17H2,1H3. The minimum atomic E-state index is -0.589. The molecule has 2 aliphatic heterocycles. The summed E-state index contributed by atoms with van der Waals surface area (Å²) in [6.07, 6.45) is 8.04. The lowest BCUT2D eigenvalue weighted by molar-refractivity contribution is -0.140. The van der Waals surface area contributed by atoms with Crippen molar-refractivity contribution in [2.45, 2.75) is 57.4 Å². The first-order chi connectivity index (χ1) is 15.1. The fourth-order valence-electron chi connectivity index (χ4n) is 5.36. The molecular formula is C24H33N5O2. The molecule has 4 aliphatic rings. The van der Waals surface area contributed by atoms with Gasteiger partial charge >= 0.3 is 0 Å². The van der Waals surface area contributed by atoms with E-state index in [0.29, 0.717) is 18.8 Å². The molecule has 2 aliphatic carbocycles. The Morgan fingerprint density at radius 2 is 1.84 bits per heavy atom. The van der Waals surface area contributed by atoms with E-state index in [2.05, 4.69) is 16.8 Å². The second-order valence-electron chi connectivity index (χ2n) is 9.55. The van der Waals surface area contributed by atoms with Crippen molar-refractivity contribution in [2.24, 2.45) is 16.8 Å². The molecule has 31 heavy (non-hydrogen) atoms. The van der Waals surface area contributed by atoms with E-state index in [4.69, 9.17) is 4.99 Å². The third kappa shape index (κ3) is 3.94. The number of amides is 2. The Morgan fingerprint density at radius 3 is 2.45 bits per heavy atom. The molecule has 7 nitrogen and oxygen atoms in total. The molecule has 166 valence electrons. The predicted molar refractivity (Wildman–Crippen MR) is 120 cm³/mol. The third-order valence-electron chi connectivity index (χ3n) is 7.48. The van der Waals surface area contributed by atoms with E-state index in [1.807, 2.05) is 34.2 Å². The van der Waals surface area contributed by atoms with E-state index in [1.54, 1.807) is 0 Å². The fraction of sp³-hybridized carbons (Fsp3) is 0.667. The average Bonchev–Trinajstić information content (AvgIpc) is 3.61. The average molecular weight is 424 g/mol. The molecule has 0 bridgehead atoms. The highest BCUT2D eigenvalue weighted by molar-refractivity contribution is 6.08. The first-order valence-electron chi connectivity index (χ1n) is 11.9. The SMILES string of the molecule is CCC1=NC2(CCC(C(=O)N3CCN(c4ccccn4)CC3)CC2)C(=O)N1CC1CC1. The van der Waals surface area contributed by atoms with Crippen molar-refractivity contribution in [2.75, 3.05) is 37.6 Å². The zero-order valence-electron chi connectivity index (χ0n) is 18.5. The van der Waals surface area contributed by atoms with Gasteiger partial charge in [0.1, 0.15) is 17.2 Å². The molecule has 0 aromatic carbocycles. The molecule has 0 unspecified atom stereocenters. The maximum atomic E-state index is 13.3. The van der Waals surface area contributed by atoms with Gasteiger partial charge in [-0.3, -0.25) is 19.5 Å². The predicted octanol–water partition coefficient (Wildman–Crippen LogP) is 2.72. The number of aromatic nitrogens is 1. The van der Waals surface area contributed by atoms with Crippen LogP contribution < -0.4 is 4.90 Å². The first-order valence-corrected chi connectivity index (χ1v) is 11.9. The normalized spacial score (nSPS) is 28.9. The van der Waals surface area contributed by atoms with Crippen molar-refractivity contribution in [3.05, 3.63) is 24.4 Å². The number of hydrogen-bond donors (Lipinski definition) is 0. The van der Waals surface area contributed by atoms with E-state index in [0.717, 1.165) is 63.6 Å². The van der Waals surface area contributed by atoms with E-state index >= 15 is 0 Å². The Balaban J connectivity index is 1.17. The van der Waals surface area contributed by atoms with Gasteiger partial charge in [-0.15, -0.1) is 0 Å². The van der Waals surface area contributed by atoms with E-state index < -0.39 is 5.54 Å². The van der Waals surface area contributed by atoms with Crippen molar-refractivity contribution in [3.8, 4) is 0 Å². The molecule has 5 rings (SSSR count). The summed E-state index contributed by atoms with van der Waals surface area (Å²) < 4.78 is 0. The van der Waals surface area contributed by atoms with Crippen LogP contribution in [-0.4, -0.2) is 70.7 Å². The number of aliphatic imine (C=N–C) groups is 1. The third-order valence-corrected chi connectivity index (χ3v) is 7.48. The number of nitrogens with zero attached hydrogens (tertiary/aromatic N) is 5. The monoisotopic (exact) mass is 423 g/mol. The topological polar surface area (TPSA) is 69.1 Å². The fourth-order valence-corrected chi connectivity index (χ4v) is 5.36. The number of carbonyl (C=O) groups excluding carboxylic acids is 2. The molecule has 3 heterocycles. The number of carbonyl (C=O) groups is 2. The van der Waals surface area contributed by atoms with Crippen LogP contribution in [-0.2, 0) is 9.59 Å². The van der Waals surface area contributed by atoms with Gasteiger partial charge in [-0.2, -0.15) is 0 Å². The maximum Gasteiger partial charge on any atom is 0.255 e. The van der Waals surface area contributed by atoms with Crippen molar-refractivity contribution in [1.29, 1.82) is 0 Å². The minimum absolute atomic E-state index is 0.0255. The second-order valence-corrected chi connectivity index (χ2v) is 9.55. The molecule has 3 fully saturated rings. The smallest absolute Gasteiger partial charge is 0.255 e. The minimum Gasteiger partial charge on any atom is -0.353 e. The number of piperazine rings is 1. The largest absolute Gasteiger partial charge is 0.353 e. The van der Waals surface area contributed by atoms with Gasteiger partial charge in [0, 0.05) is 51.3 Å². The van der Waals surface area contributed by atoms with Gasteiger partial charge < -0.3 is 9.80 Å². The van der Waals surface area contributed by atoms with Crippen LogP contribution in [0.5, 0.6) is 0 Å². The molecule has 0 radical (unpaired) electrons. The van der Waals surface area contributed by atoms with Crippen molar-refractivity contribution in [1.82, 2.24) is 14.8 Å². The Bertz CT molecular complexity index is 850. The molecule has 1 aromatic heterocycles. The molecule has 1 spiro atoms. The molecule has 1 aromatic rings. The van der Waals surface area contributed by atoms with Crippen LogP contribution in [0.15, 0.2) is 29.4 Å². The van der Waals surface area contributed by atoms with Crippen LogP contribution in [0.3, 0.4) is 0 Å². The van der Waals surface area contributed by atoms with Crippen LogP contribution in [0.1, 0.15) is 51.9 Å². The van der Waals surface area contributed by atoms with Crippen molar-refractivity contribution in [3.63, 3.8) is 0 Å².